The molecule has 0 radical (unpaired) electrons. The molecule has 0 N–H and O–H groups in total. The van der Waals surface area contributed by atoms with Gasteiger partial charge < -0.3 is 14.7 Å². The summed E-state index contributed by atoms with van der Waals surface area (Å²) in [6.45, 7) is 7.52. The fourth-order valence-electron chi connectivity index (χ4n) is 4.33. The van der Waals surface area contributed by atoms with Crippen LogP contribution in [0.15, 0.2) is 59.8 Å². The Balaban J connectivity index is 1.37. The monoisotopic (exact) mass is 563 g/mol. The van der Waals surface area contributed by atoms with Crippen molar-refractivity contribution in [2.45, 2.75) is 30.9 Å². The van der Waals surface area contributed by atoms with Gasteiger partial charge in [0.15, 0.2) is 5.16 Å². The number of aromatic nitrogens is 2. The highest BCUT2D eigenvalue weighted by atomic mass is 35.5. The van der Waals surface area contributed by atoms with Gasteiger partial charge in [0.1, 0.15) is 11.0 Å². The van der Waals surface area contributed by atoms with Crippen LogP contribution in [0.2, 0.25) is 5.15 Å². The van der Waals surface area contributed by atoms with Crippen molar-refractivity contribution in [2.24, 2.45) is 0 Å². The van der Waals surface area contributed by atoms with Crippen molar-refractivity contribution in [1.29, 1.82) is 0 Å². The number of nitrogens with zero attached hydrogens (tertiary/aromatic N) is 5. The molecule has 2 aromatic carbocycles. The molecule has 11 heteroatoms. The molecule has 38 heavy (non-hydrogen) atoms. The molecule has 0 spiro atoms. The standard InChI is InChI=1S/C27H29ClF3N5OS/c1-3-34(4-2)24-17-23(28)32-26(33-24)38-18-19-7-5-8-20(15-19)25(37)36-13-11-35(12-14-36)22-10-6-9-21(16-22)27(29,30)31/h5-10,15-17H,3-4,11-14,18H2,1-2H3. The average Bonchev–Trinajstić information content (AvgIpc) is 2.92. The summed E-state index contributed by atoms with van der Waals surface area (Å²) in [5.41, 5.74) is 1.37. The molecule has 202 valence electrons. The van der Waals surface area contributed by atoms with Gasteiger partial charge in [0, 0.05) is 62.3 Å². The zero-order chi connectivity index (χ0) is 27.3. The molecule has 0 saturated carbocycles. The minimum Gasteiger partial charge on any atom is -0.368 e. The summed E-state index contributed by atoms with van der Waals surface area (Å²) in [5, 5.41) is 0.958. The molecular formula is C27H29ClF3N5OS. The third kappa shape index (κ3) is 6.91. The number of thioether (sulfide) groups is 1. The molecule has 1 aromatic heterocycles. The predicted molar refractivity (Wildman–Crippen MR) is 146 cm³/mol. The minimum atomic E-state index is -4.39. The number of hydrogen-bond acceptors (Lipinski definition) is 6. The first-order valence-electron chi connectivity index (χ1n) is 12.4. The summed E-state index contributed by atoms with van der Waals surface area (Å²) in [7, 11) is 0. The number of rotatable bonds is 8. The van der Waals surface area contributed by atoms with Crippen LogP contribution in [-0.2, 0) is 11.9 Å². The molecule has 0 bridgehead atoms. The van der Waals surface area contributed by atoms with Gasteiger partial charge in [0.25, 0.3) is 5.91 Å². The second-order valence-corrected chi connectivity index (χ2v) is 10.1. The van der Waals surface area contributed by atoms with E-state index >= 15 is 0 Å². The molecule has 1 saturated heterocycles. The SMILES string of the molecule is CCN(CC)c1cc(Cl)nc(SCc2cccc(C(=O)N3CCN(c4cccc(C(F)(F)F)c4)CC3)c2)n1. The first kappa shape index (κ1) is 28.0. The zero-order valence-electron chi connectivity index (χ0n) is 21.2. The van der Waals surface area contributed by atoms with Crippen molar-refractivity contribution in [1.82, 2.24) is 14.9 Å². The van der Waals surface area contributed by atoms with Crippen molar-refractivity contribution in [3.63, 3.8) is 0 Å². The quantitative estimate of drug-likeness (QED) is 0.183. The van der Waals surface area contributed by atoms with Crippen LogP contribution in [-0.4, -0.2) is 60.0 Å². The lowest BCUT2D eigenvalue weighted by Gasteiger charge is -2.36. The van der Waals surface area contributed by atoms with Gasteiger partial charge >= 0.3 is 6.18 Å². The third-order valence-corrected chi connectivity index (χ3v) is 7.51. The molecule has 6 nitrogen and oxygen atoms in total. The van der Waals surface area contributed by atoms with E-state index in [2.05, 4.69) is 28.7 Å². The molecule has 0 unspecified atom stereocenters. The fourth-order valence-corrected chi connectivity index (χ4v) is 5.35. The molecule has 0 aliphatic carbocycles. The number of amides is 1. The molecule has 4 rings (SSSR count). The normalized spacial score (nSPS) is 14.1. The summed E-state index contributed by atoms with van der Waals surface area (Å²) in [6.07, 6.45) is -4.39. The minimum absolute atomic E-state index is 0.0941. The lowest BCUT2D eigenvalue weighted by molar-refractivity contribution is -0.137. The van der Waals surface area contributed by atoms with Crippen LogP contribution in [0.5, 0.6) is 0 Å². The molecule has 0 atom stereocenters. The van der Waals surface area contributed by atoms with E-state index in [1.54, 1.807) is 23.1 Å². The molecule has 3 aromatic rings. The predicted octanol–water partition coefficient (Wildman–Crippen LogP) is 6.25. The van der Waals surface area contributed by atoms with Crippen LogP contribution in [0.25, 0.3) is 0 Å². The molecule has 2 heterocycles. The summed E-state index contributed by atoms with van der Waals surface area (Å²) >= 11 is 7.68. The number of piperazine rings is 1. The summed E-state index contributed by atoms with van der Waals surface area (Å²) in [5.74, 6) is 1.26. The van der Waals surface area contributed by atoms with Crippen LogP contribution in [0.3, 0.4) is 0 Å². The smallest absolute Gasteiger partial charge is 0.368 e. The Bertz CT molecular complexity index is 1260. The van der Waals surface area contributed by atoms with Gasteiger partial charge in [-0.2, -0.15) is 13.2 Å². The van der Waals surface area contributed by atoms with Crippen molar-refractivity contribution in [2.75, 3.05) is 49.1 Å². The number of hydrogen-bond donors (Lipinski definition) is 0. The Morgan fingerprint density at radius 1 is 1.00 bits per heavy atom. The van der Waals surface area contributed by atoms with E-state index in [9.17, 15) is 18.0 Å². The zero-order valence-corrected chi connectivity index (χ0v) is 22.8. The average molecular weight is 564 g/mol. The number of alkyl halides is 3. The molecule has 1 aliphatic heterocycles. The van der Waals surface area contributed by atoms with Crippen LogP contribution in [0.4, 0.5) is 24.7 Å². The van der Waals surface area contributed by atoms with E-state index < -0.39 is 11.7 Å². The Kier molecular flexibility index (Phi) is 9.04. The van der Waals surface area contributed by atoms with E-state index in [0.717, 1.165) is 36.6 Å². The van der Waals surface area contributed by atoms with E-state index in [4.69, 9.17) is 11.6 Å². The first-order valence-corrected chi connectivity index (χ1v) is 13.8. The molecule has 1 fully saturated rings. The Morgan fingerprint density at radius 2 is 1.71 bits per heavy atom. The van der Waals surface area contributed by atoms with Gasteiger partial charge in [0.2, 0.25) is 0 Å². The maximum atomic E-state index is 13.2. The van der Waals surface area contributed by atoms with Gasteiger partial charge in [0.05, 0.1) is 5.56 Å². The van der Waals surface area contributed by atoms with Crippen LogP contribution in [0.1, 0.15) is 35.3 Å². The lowest BCUT2D eigenvalue weighted by Crippen LogP contribution is -2.48. The number of anilines is 2. The molecule has 1 amide bonds. The Hall–Kier alpha value is -2.98. The summed E-state index contributed by atoms with van der Waals surface area (Å²) < 4.78 is 39.3. The number of carbonyl (C=O) groups excluding carboxylic acids is 1. The first-order chi connectivity index (χ1) is 18.2. The maximum Gasteiger partial charge on any atom is 0.416 e. The van der Waals surface area contributed by atoms with Crippen LogP contribution in [0, 0.1) is 0 Å². The number of carbonyl (C=O) groups is 1. The Morgan fingerprint density at radius 3 is 2.39 bits per heavy atom. The molecule has 1 aliphatic rings. The maximum absolute atomic E-state index is 13.2. The van der Waals surface area contributed by atoms with Crippen molar-refractivity contribution < 1.29 is 18.0 Å². The fraction of sp³-hybridized carbons (Fsp3) is 0.370. The highest BCUT2D eigenvalue weighted by Crippen LogP contribution is 2.32. The Labute approximate surface area is 229 Å². The van der Waals surface area contributed by atoms with Crippen LogP contribution >= 0.6 is 23.4 Å². The van der Waals surface area contributed by atoms with E-state index in [1.165, 1.54) is 17.8 Å². The highest BCUT2D eigenvalue weighted by Gasteiger charge is 2.31. The second-order valence-electron chi connectivity index (χ2n) is 8.82. The van der Waals surface area contributed by atoms with Gasteiger partial charge in [-0.05, 0) is 49.7 Å². The van der Waals surface area contributed by atoms with E-state index in [1.807, 2.05) is 23.1 Å². The second kappa shape index (κ2) is 12.3. The summed E-state index contributed by atoms with van der Waals surface area (Å²) in [4.78, 5) is 27.9. The van der Waals surface area contributed by atoms with Crippen molar-refractivity contribution in [3.05, 3.63) is 76.4 Å². The largest absolute Gasteiger partial charge is 0.416 e. The number of benzene rings is 2. The molecular weight excluding hydrogens is 535 g/mol. The van der Waals surface area contributed by atoms with Gasteiger partial charge in [-0.15, -0.1) is 0 Å². The van der Waals surface area contributed by atoms with Crippen LogP contribution < -0.4 is 9.80 Å². The summed E-state index contributed by atoms with van der Waals surface area (Å²) in [6, 6.07) is 14.5. The van der Waals surface area contributed by atoms with Gasteiger partial charge in [-0.3, -0.25) is 4.79 Å². The van der Waals surface area contributed by atoms with E-state index in [0.29, 0.717) is 53.5 Å². The number of halogens is 4. The lowest BCUT2D eigenvalue weighted by atomic mass is 10.1. The van der Waals surface area contributed by atoms with Crippen molar-refractivity contribution >= 4 is 40.8 Å². The third-order valence-electron chi connectivity index (χ3n) is 6.40. The van der Waals surface area contributed by atoms with E-state index in [-0.39, 0.29) is 5.91 Å². The van der Waals surface area contributed by atoms with Gasteiger partial charge in [-0.25, -0.2) is 9.97 Å². The van der Waals surface area contributed by atoms with Crippen molar-refractivity contribution in [3.8, 4) is 0 Å². The highest BCUT2D eigenvalue weighted by molar-refractivity contribution is 7.98. The van der Waals surface area contributed by atoms with Gasteiger partial charge in [-0.1, -0.05) is 41.6 Å². The topological polar surface area (TPSA) is 52.6 Å².